The molecule has 0 atom stereocenters. The molecule has 0 spiro atoms. The summed E-state index contributed by atoms with van der Waals surface area (Å²) in [5, 5.41) is 12.9. The van der Waals surface area contributed by atoms with Crippen molar-refractivity contribution in [2.75, 3.05) is 5.32 Å². The highest BCUT2D eigenvalue weighted by molar-refractivity contribution is 6.06. The fourth-order valence-electron chi connectivity index (χ4n) is 3.02. The molecule has 150 valence electrons. The van der Waals surface area contributed by atoms with E-state index in [-0.39, 0.29) is 11.3 Å². The number of carbonyl (C=O) groups is 1. The van der Waals surface area contributed by atoms with Gasteiger partial charge in [-0.05, 0) is 49.4 Å². The number of aromatic hydroxyl groups is 1. The molecule has 0 fully saturated rings. The normalized spacial score (nSPS) is 10.6. The van der Waals surface area contributed by atoms with E-state index in [1.54, 1.807) is 18.3 Å². The lowest BCUT2D eigenvalue weighted by molar-refractivity contribution is 0.102. The van der Waals surface area contributed by atoms with Gasteiger partial charge in [0.05, 0.1) is 11.3 Å². The molecule has 0 radical (unpaired) electrons. The van der Waals surface area contributed by atoms with E-state index in [1.807, 2.05) is 67.3 Å². The number of nitrogens with one attached hydrogen (secondary N) is 1. The van der Waals surface area contributed by atoms with Crippen molar-refractivity contribution in [2.45, 2.75) is 6.92 Å². The Morgan fingerprint density at radius 2 is 1.80 bits per heavy atom. The number of carbonyl (C=O) groups excluding carboxylic acids is 1. The average Bonchev–Trinajstić information content (AvgIpc) is 3.18. The Bertz CT molecular complexity index is 1200. The Morgan fingerprint density at radius 1 is 1.03 bits per heavy atom. The first kappa shape index (κ1) is 19.3. The van der Waals surface area contributed by atoms with Gasteiger partial charge in [-0.1, -0.05) is 17.7 Å². The highest BCUT2D eigenvalue weighted by Gasteiger charge is 2.14. The Labute approximate surface area is 174 Å². The molecule has 4 rings (SSSR count). The molecular formula is C24H21N3O3. The Balaban J connectivity index is 1.54. The van der Waals surface area contributed by atoms with Crippen LogP contribution in [0.3, 0.4) is 0 Å². The second-order valence-electron chi connectivity index (χ2n) is 7.04. The first-order valence-electron chi connectivity index (χ1n) is 9.45. The van der Waals surface area contributed by atoms with E-state index in [2.05, 4.69) is 10.3 Å². The van der Waals surface area contributed by atoms with Crippen molar-refractivity contribution in [2.24, 2.45) is 7.05 Å². The van der Waals surface area contributed by atoms with E-state index >= 15 is 0 Å². The number of nitrogens with zero attached hydrogens (tertiary/aromatic N) is 2. The molecule has 1 amide bonds. The van der Waals surface area contributed by atoms with Crippen LogP contribution in [-0.2, 0) is 7.05 Å². The summed E-state index contributed by atoms with van der Waals surface area (Å²) in [5.74, 6) is 0.486. The zero-order valence-corrected chi connectivity index (χ0v) is 16.7. The van der Waals surface area contributed by atoms with E-state index in [0.717, 1.165) is 16.8 Å². The zero-order chi connectivity index (χ0) is 21.1. The molecule has 6 heteroatoms. The predicted molar refractivity (Wildman–Crippen MR) is 116 cm³/mol. The number of hydrogen-bond acceptors (Lipinski definition) is 4. The third kappa shape index (κ3) is 4.33. The number of benzene rings is 2. The minimum Gasteiger partial charge on any atom is -0.507 e. The van der Waals surface area contributed by atoms with Gasteiger partial charge in [-0.25, -0.2) is 0 Å². The minimum atomic E-state index is -0.415. The number of aromatic nitrogens is 2. The first-order chi connectivity index (χ1) is 14.5. The molecule has 0 bridgehead atoms. The summed E-state index contributed by atoms with van der Waals surface area (Å²) >= 11 is 0. The summed E-state index contributed by atoms with van der Waals surface area (Å²) in [6.45, 7) is 1.97. The Kier molecular flexibility index (Phi) is 5.22. The predicted octanol–water partition coefficient (Wildman–Crippen LogP) is 5.15. The van der Waals surface area contributed by atoms with Gasteiger partial charge in [0.2, 0.25) is 0 Å². The number of anilines is 1. The van der Waals surface area contributed by atoms with Crippen LogP contribution in [0.1, 0.15) is 15.9 Å². The van der Waals surface area contributed by atoms with Crippen molar-refractivity contribution in [3.05, 3.63) is 90.4 Å². The van der Waals surface area contributed by atoms with Gasteiger partial charge in [-0.15, -0.1) is 0 Å². The van der Waals surface area contributed by atoms with Crippen LogP contribution in [0.5, 0.6) is 17.2 Å². The van der Waals surface area contributed by atoms with E-state index < -0.39 is 5.91 Å². The van der Waals surface area contributed by atoms with Crippen LogP contribution in [0, 0.1) is 6.92 Å². The molecule has 2 aromatic carbocycles. The van der Waals surface area contributed by atoms with Crippen molar-refractivity contribution in [3.8, 4) is 28.5 Å². The molecule has 0 unspecified atom stereocenters. The fourth-order valence-corrected chi connectivity index (χ4v) is 3.02. The van der Waals surface area contributed by atoms with Crippen molar-refractivity contribution in [1.82, 2.24) is 9.55 Å². The molecule has 0 aliphatic heterocycles. The topological polar surface area (TPSA) is 76.4 Å². The van der Waals surface area contributed by atoms with Crippen molar-refractivity contribution < 1.29 is 14.6 Å². The average molecular weight is 399 g/mol. The number of ether oxygens (including phenoxy) is 1. The lowest BCUT2D eigenvalue weighted by atomic mass is 10.1. The molecule has 2 aromatic heterocycles. The summed E-state index contributed by atoms with van der Waals surface area (Å²) in [5.41, 5.74) is 3.64. The Morgan fingerprint density at radius 3 is 2.53 bits per heavy atom. The van der Waals surface area contributed by atoms with Gasteiger partial charge in [0.15, 0.2) is 0 Å². The smallest absolute Gasteiger partial charge is 0.259 e. The van der Waals surface area contributed by atoms with Crippen LogP contribution in [0.4, 0.5) is 5.69 Å². The minimum absolute atomic E-state index is 0.119. The monoisotopic (exact) mass is 399 g/mol. The molecule has 4 aromatic rings. The second-order valence-corrected chi connectivity index (χ2v) is 7.04. The van der Waals surface area contributed by atoms with Gasteiger partial charge in [-0.2, -0.15) is 0 Å². The summed E-state index contributed by atoms with van der Waals surface area (Å²) in [4.78, 5) is 17.0. The van der Waals surface area contributed by atoms with Crippen molar-refractivity contribution >= 4 is 11.6 Å². The lowest BCUT2D eigenvalue weighted by Gasteiger charge is -2.11. The largest absolute Gasteiger partial charge is 0.507 e. The van der Waals surface area contributed by atoms with Gasteiger partial charge in [0, 0.05) is 43.0 Å². The number of amides is 1. The summed E-state index contributed by atoms with van der Waals surface area (Å²) in [6.07, 6.45) is 5.59. The molecule has 0 saturated carbocycles. The van der Waals surface area contributed by atoms with Crippen LogP contribution >= 0.6 is 0 Å². The molecule has 30 heavy (non-hydrogen) atoms. The highest BCUT2D eigenvalue weighted by atomic mass is 16.5. The van der Waals surface area contributed by atoms with Crippen LogP contribution in [0.25, 0.3) is 11.3 Å². The molecule has 2 N–H and O–H groups in total. The van der Waals surface area contributed by atoms with Gasteiger partial charge in [0.25, 0.3) is 5.91 Å². The zero-order valence-electron chi connectivity index (χ0n) is 16.7. The molecule has 0 aliphatic rings. The molecular weight excluding hydrogens is 378 g/mol. The molecule has 6 nitrogen and oxygen atoms in total. The van der Waals surface area contributed by atoms with Gasteiger partial charge in [-0.3, -0.25) is 9.78 Å². The molecule has 2 heterocycles. The number of phenols is 1. The van der Waals surface area contributed by atoms with Crippen LogP contribution in [0.15, 0.2) is 79.3 Å². The Hall–Kier alpha value is -4.06. The third-order valence-electron chi connectivity index (χ3n) is 4.62. The summed E-state index contributed by atoms with van der Waals surface area (Å²) < 4.78 is 7.87. The van der Waals surface area contributed by atoms with Crippen LogP contribution in [-0.4, -0.2) is 20.6 Å². The van der Waals surface area contributed by atoms with E-state index in [1.165, 1.54) is 12.1 Å². The highest BCUT2D eigenvalue weighted by Crippen LogP contribution is 2.29. The number of pyridine rings is 1. The SMILES string of the molecule is Cc1ccc(NC(=O)c2cc(Oc3ccnc(-c4ccn(C)c4)c3)ccc2O)cc1. The third-order valence-corrected chi connectivity index (χ3v) is 4.62. The van der Waals surface area contributed by atoms with Crippen LogP contribution < -0.4 is 10.1 Å². The number of rotatable bonds is 5. The van der Waals surface area contributed by atoms with Crippen molar-refractivity contribution in [1.29, 1.82) is 0 Å². The fraction of sp³-hybridized carbons (Fsp3) is 0.0833. The van der Waals surface area contributed by atoms with Crippen molar-refractivity contribution in [3.63, 3.8) is 0 Å². The maximum atomic E-state index is 12.6. The number of aryl methyl sites for hydroxylation is 2. The van der Waals surface area contributed by atoms with Gasteiger partial charge in [0.1, 0.15) is 17.2 Å². The van der Waals surface area contributed by atoms with Gasteiger partial charge < -0.3 is 19.7 Å². The lowest BCUT2D eigenvalue weighted by Crippen LogP contribution is -2.12. The van der Waals surface area contributed by atoms with E-state index in [9.17, 15) is 9.90 Å². The van der Waals surface area contributed by atoms with E-state index in [0.29, 0.717) is 17.2 Å². The summed E-state index contributed by atoms with van der Waals surface area (Å²) in [6, 6.07) is 17.5. The number of hydrogen-bond donors (Lipinski definition) is 2. The maximum absolute atomic E-state index is 12.6. The molecule has 0 aliphatic carbocycles. The standard InChI is InChI=1S/C24H21N3O3/c1-16-3-5-18(6-4-16)26-24(29)21-13-19(7-8-23(21)28)30-20-9-11-25-22(14-20)17-10-12-27(2)15-17/h3-15,28H,1-2H3,(H,26,29). The van der Waals surface area contributed by atoms with E-state index in [4.69, 9.17) is 4.74 Å². The number of phenolic OH excluding ortho intramolecular Hbond substituents is 1. The van der Waals surface area contributed by atoms with Crippen LogP contribution in [0.2, 0.25) is 0 Å². The first-order valence-corrected chi connectivity index (χ1v) is 9.45. The quantitative estimate of drug-likeness (QED) is 0.487. The maximum Gasteiger partial charge on any atom is 0.259 e. The second kappa shape index (κ2) is 8.13. The van der Waals surface area contributed by atoms with Gasteiger partial charge >= 0.3 is 0 Å². The summed E-state index contributed by atoms with van der Waals surface area (Å²) in [7, 11) is 1.95. The molecule has 0 saturated heterocycles.